The third kappa shape index (κ3) is 5.35. The van der Waals surface area contributed by atoms with Crippen molar-refractivity contribution in [1.82, 2.24) is 4.90 Å². The molecule has 0 spiro atoms. The Kier molecular flexibility index (Phi) is 9.74. The number of aliphatic hydroxyl groups is 1. The van der Waals surface area contributed by atoms with Crippen LogP contribution in [0, 0.1) is 68.5 Å². The smallest absolute Gasteiger partial charge is 0.302 e. The molecule has 6 fully saturated rings. The number of carbonyl (C=O) groups excluding carboxylic acids is 1. The zero-order chi connectivity index (χ0) is 31.7. The first-order valence-electron chi connectivity index (χ1n) is 18.0. The van der Waals surface area contributed by atoms with E-state index in [1.165, 1.54) is 37.7 Å². The quantitative estimate of drug-likeness (QED) is 0.193. The number of allylic oxidation sites excluding steroid dienone is 1. The molecule has 1 saturated heterocycles. The van der Waals surface area contributed by atoms with Gasteiger partial charge in [-0.3, -0.25) is 9.69 Å². The Morgan fingerprint density at radius 1 is 0.933 bits per heavy atom. The number of ether oxygens (including phenoxy) is 2. The summed E-state index contributed by atoms with van der Waals surface area (Å²) in [4.78, 5) is 14.4. The number of esters is 1. The van der Waals surface area contributed by atoms with Crippen LogP contribution < -0.4 is 0 Å². The van der Waals surface area contributed by atoms with Gasteiger partial charge < -0.3 is 14.6 Å². The van der Waals surface area contributed by atoms with Gasteiger partial charge in [0.15, 0.2) is 0 Å². The van der Waals surface area contributed by atoms with Crippen LogP contribution in [-0.2, 0) is 14.3 Å². The summed E-state index contributed by atoms with van der Waals surface area (Å²) >= 11 is 0. The lowest BCUT2D eigenvalue weighted by Crippen LogP contribution is -2.67. The van der Waals surface area contributed by atoms with Gasteiger partial charge in [-0.15, -0.1) is 12.4 Å². The monoisotopic (exact) mass is 643 g/mol. The largest absolute Gasteiger partial charge is 0.462 e. The van der Waals surface area contributed by atoms with E-state index in [0.29, 0.717) is 29.6 Å². The van der Waals surface area contributed by atoms with Crippen molar-refractivity contribution in [2.24, 2.45) is 56.7 Å². The van der Waals surface area contributed by atoms with Crippen molar-refractivity contribution in [2.45, 2.75) is 125 Å². The van der Waals surface area contributed by atoms with Crippen LogP contribution in [0.5, 0.6) is 0 Å². The molecule has 5 nitrogen and oxygen atoms in total. The van der Waals surface area contributed by atoms with E-state index in [9.17, 15) is 9.90 Å². The van der Waals surface area contributed by atoms with Crippen molar-refractivity contribution < 1.29 is 19.4 Å². The molecule has 1 heterocycles. The average molecular weight is 644 g/mol. The molecule has 0 aromatic carbocycles. The lowest BCUT2D eigenvalue weighted by Gasteiger charge is -2.73. The van der Waals surface area contributed by atoms with Crippen molar-refractivity contribution in [3.05, 3.63) is 12.2 Å². The predicted octanol–water partition coefficient (Wildman–Crippen LogP) is 7.69. The highest BCUT2D eigenvalue weighted by Gasteiger charge is 2.71. The van der Waals surface area contributed by atoms with E-state index in [0.717, 1.165) is 65.0 Å². The molecule has 5 saturated carbocycles. The Balaban J connectivity index is 0.00000400. The summed E-state index contributed by atoms with van der Waals surface area (Å²) in [7, 11) is 0. The number of hydrogen-bond acceptors (Lipinski definition) is 5. The molecule has 45 heavy (non-hydrogen) atoms. The number of morpholine rings is 1. The molecule has 0 aromatic heterocycles. The van der Waals surface area contributed by atoms with Gasteiger partial charge in [-0.2, -0.15) is 0 Å². The van der Waals surface area contributed by atoms with E-state index in [1.54, 1.807) is 6.92 Å². The maximum absolute atomic E-state index is 12.0. The van der Waals surface area contributed by atoms with Crippen LogP contribution in [0.3, 0.4) is 0 Å². The van der Waals surface area contributed by atoms with E-state index in [1.807, 2.05) is 0 Å². The number of nitrogens with zero attached hydrogens (tertiary/aromatic N) is 1. The fourth-order valence-electron chi connectivity index (χ4n) is 13.2. The number of aliphatic hydroxyl groups excluding tert-OH is 1. The molecular formula is C39H62ClNO4. The average Bonchev–Trinajstić information content (AvgIpc) is 3.37. The lowest BCUT2D eigenvalue weighted by molar-refractivity contribution is -0.253. The standard InChI is InChI=1S/C39H61NO4.ClH/c1-26(2)28-13-18-39(32(42)10-9-21-40-22-24-43-25-23-40)20-19-37(7)29(34(28)39)11-12-31-36(6)16-15-33(44-27(3)41)35(4,5)30(36)14-17-38(31,37)8;/h28-34,42H,1,11-25H2,2-8H3;1H/t28-,29+,30-,31+,32+,33-,34+,36-,37+,38+,39+;/m0./s1. The van der Waals surface area contributed by atoms with Crippen molar-refractivity contribution in [3.63, 3.8) is 0 Å². The van der Waals surface area contributed by atoms with E-state index in [-0.39, 0.29) is 51.6 Å². The summed E-state index contributed by atoms with van der Waals surface area (Å²) < 4.78 is 11.5. The fraction of sp³-hybridized carbons (Fsp3) is 0.872. The van der Waals surface area contributed by atoms with Crippen molar-refractivity contribution >= 4 is 18.4 Å². The molecule has 0 radical (unpaired) electrons. The van der Waals surface area contributed by atoms with Crippen molar-refractivity contribution in [2.75, 3.05) is 32.8 Å². The van der Waals surface area contributed by atoms with Gasteiger partial charge in [-0.1, -0.05) is 58.6 Å². The molecule has 254 valence electrons. The summed E-state index contributed by atoms with van der Waals surface area (Å²) in [6.07, 6.45) is 11.0. The van der Waals surface area contributed by atoms with E-state index in [2.05, 4.69) is 64.9 Å². The van der Waals surface area contributed by atoms with Gasteiger partial charge in [0.1, 0.15) is 12.2 Å². The summed E-state index contributed by atoms with van der Waals surface area (Å²) in [5, 5.41) is 12.0. The molecule has 6 aliphatic rings. The minimum absolute atomic E-state index is 0. The van der Waals surface area contributed by atoms with Gasteiger partial charge >= 0.3 is 5.97 Å². The molecule has 1 N–H and O–H groups in total. The minimum atomic E-state index is -0.571. The molecule has 11 atom stereocenters. The first kappa shape index (κ1) is 35.3. The maximum atomic E-state index is 12.0. The van der Waals surface area contributed by atoms with Crippen LogP contribution in [0.25, 0.3) is 0 Å². The summed E-state index contributed by atoms with van der Waals surface area (Å²) in [6, 6.07) is 0. The van der Waals surface area contributed by atoms with Gasteiger partial charge in [0.2, 0.25) is 0 Å². The fourth-order valence-corrected chi connectivity index (χ4v) is 13.2. The molecule has 1 aliphatic heterocycles. The first-order valence-corrected chi connectivity index (χ1v) is 18.0. The second-order valence-corrected chi connectivity index (χ2v) is 17.5. The highest BCUT2D eigenvalue weighted by molar-refractivity contribution is 5.85. The predicted molar refractivity (Wildman–Crippen MR) is 183 cm³/mol. The Morgan fingerprint density at radius 3 is 2.31 bits per heavy atom. The van der Waals surface area contributed by atoms with Crippen molar-refractivity contribution in [3.8, 4) is 11.8 Å². The van der Waals surface area contributed by atoms with E-state index in [4.69, 9.17) is 9.47 Å². The number of rotatable bonds is 4. The highest BCUT2D eigenvalue weighted by atomic mass is 35.5. The Bertz CT molecular complexity index is 1200. The van der Waals surface area contributed by atoms with Crippen LogP contribution in [0.1, 0.15) is 113 Å². The van der Waals surface area contributed by atoms with Gasteiger partial charge in [-0.05, 0) is 117 Å². The number of carbonyl (C=O) groups is 1. The van der Waals surface area contributed by atoms with Crippen molar-refractivity contribution in [1.29, 1.82) is 0 Å². The van der Waals surface area contributed by atoms with Gasteiger partial charge in [0.05, 0.1) is 19.8 Å². The molecule has 5 aliphatic carbocycles. The third-order valence-corrected chi connectivity index (χ3v) is 15.6. The number of hydrogen-bond donors (Lipinski definition) is 1. The SMILES string of the molecule is C=C(C)[C@@H]1CC[C@]2([C@H](O)C#CCN3CCOCC3)CC[C@]3(C)[C@H](CC[C@@H]4[C@@]5(C)CC[C@H](OC(C)=O)C(C)(C)[C@@H]5CC[C@]43C)[C@@H]12.Cl. The van der Waals surface area contributed by atoms with Crippen LogP contribution in [0.2, 0.25) is 0 Å². The first-order chi connectivity index (χ1) is 20.7. The van der Waals surface area contributed by atoms with Gasteiger partial charge in [-0.25, -0.2) is 0 Å². The molecule has 0 unspecified atom stereocenters. The number of halogens is 1. The topological polar surface area (TPSA) is 59.0 Å². The molecule has 6 rings (SSSR count). The molecule has 6 heteroatoms. The third-order valence-electron chi connectivity index (χ3n) is 15.6. The molecule has 0 bridgehead atoms. The summed E-state index contributed by atoms with van der Waals surface area (Å²) in [5.41, 5.74) is 1.91. The molecular weight excluding hydrogens is 582 g/mol. The Hall–Kier alpha value is -1.06. The second-order valence-electron chi connectivity index (χ2n) is 17.5. The van der Waals surface area contributed by atoms with E-state index < -0.39 is 6.10 Å². The van der Waals surface area contributed by atoms with E-state index >= 15 is 0 Å². The van der Waals surface area contributed by atoms with Crippen LogP contribution in [0.15, 0.2) is 12.2 Å². The lowest BCUT2D eigenvalue weighted by atomic mass is 9.32. The zero-order valence-electron chi connectivity index (χ0n) is 29.4. The second kappa shape index (κ2) is 12.4. The number of fused-ring (bicyclic) bond motifs is 7. The van der Waals surface area contributed by atoms with Crippen LogP contribution >= 0.6 is 12.4 Å². The normalized spacial score (nSPS) is 46.0. The maximum Gasteiger partial charge on any atom is 0.302 e. The Labute approximate surface area is 280 Å². The van der Waals surface area contributed by atoms with Gasteiger partial charge in [0, 0.05) is 30.8 Å². The van der Waals surface area contributed by atoms with Gasteiger partial charge in [0.25, 0.3) is 0 Å². The van der Waals surface area contributed by atoms with Crippen LogP contribution in [-0.4, -0.2) is 61.0 Å². The highest BCUT2D eigenvalue weighted by Crippen LogP contribution is 2.78. The minimum Gasteiger partial charge on any atom is -0.462 e. The summed E-state index contributed by atoms with van der Waals surface area (Å²) in [5.74, 6) is 9.44. The zero-order valence-corrected chi connectivity index (χ0v) is 30.2. The Morgan fingerprint density at radius 2 is 1.64 bits per heavy atom. The summed E-state index contributed by atoms with van der Waals surface area (Å²) in [6.45, 7) is 25.2. The molecule has 0 aromatic rings. The van der Waals surface area contributed by atoms with Crippen LogP contribution in [0.4, 0.5) is 0 Å². The molecule has 0 amide bonds.